The average molecular weight is 383 g/mol. The molecule has 0 aromatic rings. The lowest BCUT2D eigenvalue weighted by molar-refractivity contribution is -0.115. The number of hydrogen-bond donors (Lipinski definition) is 1. The predicted molar refractivity (Wildman–Crippen MR) is 111 cm³/mol. The molecular weight excluding hydrogens is 357 g/mol. The Morgan fingerprint density at radius 2 is 2.25 bits per heavy atom. The molecule has 0 unspecified atom stereocenters. The molecule has 1 rings (SSSR count). The number of allylic oxidation sites excluding steroid dienone is 9. The Morgan fingerprint density at radius 1 is 1.43 bits per heavy atom. The van der Waals surface area contributed by atoms with Crippen LogP contribution in [0.2, 0.25) is 0 Å². The SMILES string of the molecule is C/C=C(\C=C(\F)COC)CCC(=O)C1=CC(/C=C/N=C/C=C/CO)=CCC#C1. The van der Waals surface area contributed by atoms with E-state index in [1.54, 1.807) is 42.8 Å². The van der Waals surface area contributed by atoms with Gasteiger partial charge < -0.3 is 9.84 Å². The van der Waals surface area contributed by atoms with Crippen molar-refractivity contribution in [2.75, 3.05) is 20.3 Å². The number of Topliss-reactive ketones (excluding diaryl/α,β-unsaturated/α-hetero) is 1. The third kappa shape index (κ3) is 9.77. The molecular formula is C23H26FNO3. The van der Waals surface area contributed by atoms with Gasteiger partial charge in [0.1, 0.15) is 5.83 Å². The fraction of sp³-hybridized carbons (Fsp3) is 0.304. The number of aliphatic hydroxyl groups excluding tert-OH is 1. The molecule has 5 heteroatoms. The molecule has 0 aromatic heterocycles. The number of methoxy groups -OCH3 is 1. The second-order valence-corrected chi connectivity index (χ2v) is 5.80. The lowest BCUT2D eigenvalue weighted by atomic mass is 10.0. The molecule has 0 aromatic carbocycles. The van der Waals surface area contributed by atoms with Gasteiger partial charge in [0.15, 0.2) is 5.78 Å². The van der Waals surface area contributed by atoms with Crippen molar-refractivity contribution >= 4 is 12.0 Å². The largest absolute Gasteiger partial charge is 0.392 e. The summed E-state index contributed by atoms with van der Waals surface area (Å²) in [6, 6.07) is 0. The summed E-state index contributed by atoms with van der Waals surface area (Å²) in [4.78, 5) is 16.6. The Balaban J connectivity index is 2.73. The number of ketones is 1. The predicted octanol–water partition coefficient (Wildman–Crippen LogP) is 4.17. The minimum absolute atomic E-state index is 0.0316. The van der Waals surface area contributed by atoms with Gasteiger partial charge >= 0.3 is 0 Å². The zero-order valence-electron chi connectivity index (χ0n) is 16.3. The summed E-state index contributed by atoms with van der Waals surface area (Å²) < 4.78 is 18.3. The van der Waals surface area contributed by atoms with Crippen LogP contribution in [0.5, 0.6) is 0 Å². The lowest BCUT2D eigenvalue weighted by Crippen LogP contribution is -2.02. The van der Waals surface area contributed by atoms with Crippen molar-refractivity contribution < 1.29 is 19.0 Å². The third-order valence-corrected chi connectivity index (χ3v) is 3.68. The summed E-state index contributed by atoms with van der Waals surface area (Å²) in [6.07, 6.45) is 16.2. The highest BCUT2D eigenvalue weighted by molar-refractivity contribution is 6.00. The average Bonchev–Trinajstić information content (AvgIpc) is 2.93. The van der Waals surface area contributed by atoms with Crippen LogP contribution in [0.15, 0.2) is 76.3 Å². The summed E-state index contributed by atoms with van der Waals surface area (Å²) >= 11 is 0. The fourth-order valence-electron chi connectivity index (χ4n) is 2.27. The smallest absolute Gasteiger partial charge is 0.171 e. The molecule has 1 aliphatic rings. The van der Waals surface area contributed by atoms with E-state index in [9.17, 15) is 9.18 Å². The van der Waals surface area contributed by atoms with Crippen LogP contribution in [0.3, 0.4) is 0 Å². The highest BCUT2D eigenvalue weighted by atomic mass is 19.1. The first-order valence-electron chi connectivity index (χ1n) is 9.00. The molecule has 0 saturated carbocycles. The van der Waals surface area contributed by atoms with Crippen molar-refractivity contribution in [3.05, 3.63) is 71.3 Å². The normalized spacial score (nSPS) is 15.6. The van der Waals surface area contributed by atoms with Gasteiger partial charge in [-0.1, -0.05) is 30.1 Å². The van der Waals surface area contributed by atoms with Gasteiger partial charge in [-0.15, -0.1) is 0 Å². The van der Waals surface area contributed by atoms with E-state index in [0.717, 1.165) is 11.1 Å². The van der Waals surface area contributed by atoms with Gasteiger partial charge in [0, 0.05) is 32.4 Å². The fourth-order valence-corrected chi connectivity index (χ4v) is 2.27. The molecule has 0 saturated heterocycles. The Labute approximate surface area is 166 Å². The third-order valence-electron chi connectivity index (χ3n) is 3.68. The zero-order chi connectivity index (χ0) is 20.6. The second kappa shape index (κ2) is 14.3. The number of carbonyl (C=O) groups excluding carboxylic acids is 1. The van der Waals surface area contributed by atoms with Crippen molar-refractivity contribution in [3.63, 3.8) is 0 Å². The van der Waals surface area contributed by atoms with Crippen molar-refractivity contribution in [1.82, 2.24) is 0 Å². The Kier molecular flexibility index (Phi) is 11.8. The zero-order valence-corrected chi connectivity index (χ0v) is 16.3. The number of aliphatic imine (C=N–C) groups is 1. The number of hydrogen-bond acceptors (Lipinski definition) is 4. The minimum Gasteiger partial charge on any atom is -0.392 e. The van der Waals surface area contributed by atoms with Gasteiger partial charge in [0.05, 0.1) is 18.8 Å². The standard InChI is InChI=1S/C23H26FNO3/c1-3-19(17-22(24)18-28-2)10-11-23(27)21-9-5-4-8-20(16-21)12-14-25-13-6-7-15-26/h3,6-8,12-14,16-17,26H,4,10-11,15,18H2,1-2H3/b7-6+,14-12+,19-3-,22-17+,25-13+. The summed E-state index contributed by atoms with van der Waals surface area (Å²) in [5.74, 6) is 5.39. The first-order valence-corrected chi connectivity index (χ1v) is 9.00. The van der Waals surface area contributed by atoms with Gasteiger partial charge in [-0.3, -0.25) is 9.79 Å². The molecule has 1 N–H and O–H groups in total. The van der Waals surface area contributed by atoms with E-state index in [-0.39, 0.29) is 31.2 Å². The van der Waals surface area contributed by atoms with Crippen LogP contribution in [-0.2, 0) is 9.53 Å². The number of aliphatic hydroxyl groups is 1. The van der Waals surface area contributed by atoms with Gasteiger partial charge in [0.2, 0.25) is 0 Å². The topological polar surface area (TPSA) is 58.9 Å². The van der Waals surface area contributed by atoms with Crippen LogP contribution in [0.4, 0.5) is 4.39 Å². The minimum atomic E-state index is -0.374. The summed E-state index contributed by atoms with van der Waals surface area (Å²) in [5, 5.41) is 8.64. The molecule has 4 nitrogen and oxygen atoms in total. The molecule has 148 valence electrons. The first kappa shape index (κ1) is 23.2. The van der Waals surface area contributed by atoms with E-state index in [4.69, 9.17) is 9.84 Å². The summed E-state index contributed by atoms with van der Waals surface area (Å²) in [7, 11) is 1.43. The highest BCUT2D eigenvalue weighted by Gasteiger charge is 2.10. The Morgan fingerprint density at radius 3 is 2.96 bits per heavy atom. The van der Waals surface area contributed by atoms with Crippen LogP contribution in [0.25, 0.3) is 0 Å². The number of ether oxygens (including phenoxy) is 1. The Bertz CT molecular complexity index is 799. The summed E-state index contributed by atoms with van der Waals surface area (Å²) in [5.41, 5.74) is 2.02. The molecule has 0 amide bonds. The van der Waals surface area contributed by atoms with Crippen molar-refractivity contribution in [1.29, 1.82) is 0 Å². The van der Waals surface area contributed by atoms with Crippen LogP contribution in [0, 0.1) is 11.8 Å². The number of rotatable bonds is 11. The summed E-state index contributed by atoms with van der Waals surface area (Å²) in [6.45, 7) is 1.69. The van der Waals surface area contributed by atoms with Gasteiger partial charge in [-0.05, 0) is 48.8 Å². The van der Waals surface area contributed by atoms with Crippen molar-refractivity contribution in [2.45, 2.75) is 26.2 Å². The van der Waals surface area contributed by atoms with Crippen molar-refractivity contribution in [2.24, 2.45) is 4.99 Å². The highest BCUT2D eigenvalue weighted by Crippen LogP contribution is 2.16. The molecule has 0 fully saturated rings. The maximum absolute atomic E-state index is 13.6. The molecule has 0 heterocycles. The van der Waals surface area contributed by atoms with E-state index in [1.165, 1.54) is 13.2 Å². The Hall–Kier alpha value is -2.81. The molecule has 28 heavy (non-hydrogen) atoms. The van der Waals surface area contributed by atoms with E-state index < -0.39 is 0 Å². The van der Waals surface area contributed by atoms with E-state index in [1.807, 2.05) is 13.0 Å². The van der Waals surface area contributed by atoms with E-state index in [0.29, 0.717) is 18.4 Å². The molecule has 0 atom stereocenters. The monoisotopic (exact) mass is 383 g/mol. The molecule has 1 aliphatic carbocycles. The lowest BCUT2D eigenvalue weighted by Gasteiger charge is -2.03. The number of halogens is 1. The van der Waals surface area contributed by atoms with Crippen molar-refractivity contribution in [3.8, 4) is 11.8 Å². The van der Waals surface area contributed by atoms with Gasteiger partial charge in [-0.25, -0.2) is 4.39 Å². The molecule has 0 spiro atoms. The maximum atomic E-state index is 13.6. The van der Waals surface area contributed by atoms with Gasteiger partial charge in [-0.2, -0.15) is 0 Å². The van der Waals surface area contributed by atoms with E-state index >= 15 is 0 Å². The molecule has 0 radical (unpaired) electrons. The quantitative estimate of drug-likeness (QED) is 0.331. The van der Waals surface area contributed by atoms with Crippen LogP contribution >= 0.6 is 0 Å². The second-order valence-electron chi connectivity index (χ2n) is 5.80. The van der Waals surface area contributed by atoms with Crippen LogP contribution in [0.1, 0.15) is 26.2 Å². The number of nitrogens with zero attached hydrogens (tertiary/aromatic N) is 1. The number of carbonyl (C=O) groups is 1. The van der Waals surface area contributed by atoms with Gasteiger partial charge in [0.25, 0.3) is 0 Å². The van der Waals surface area contributed by atoms with Crippen LogP contribution < -0.4 is 0 Å². The first-order chi connectivity index (χ1) is 13.6. The van der Waals surface area contributed by atoms with E-state index in [2.05, 4.69) is 16.8 Å². The molecule has 0 bridgehead atoms. The maximum Gasteiger partial charge on any atom is 0.171 e. The van der Waals surface area contributed by atoms with Crippen LogP contribution in [-0.4, -0.2) is 37.4 Å². The molecule has 0 aliphatic heterocycles.